The number of ether oxygens (including phenoxy) is 4. The van der Waals surface area contributed by atoms with Gasteiger partial charge < -0.3 is 24.3 Å². The number of fused-ring (bicyclic) bond motifs is 4. The number of nitrogens with one attached hydrogen (secondary N) is 1. The second-order valence-electron chi connectivity index (χ2n) is 6.75. The zero-order chi connectivity index (χ0) is 19.8. The van der Waals surface area contributed by atoms with Gasteiger partial charge in [-0.3, -0.25) is 9.59 Å². The summed E-state index contributed by atoms with van der Waals surface area (Å²) in [4.78, 5) is 24.4. The van der Waals surface area contributed by atoms with Gasteiger partial charge in [0, 0.05) is 12.5 Å². The lowest BCUT2D eigenvalue weighted by atomic mass is 9.95. The summed E-state index contributed by atoms with van der Waals surface area (Å²) in [7, 11) is 3.04. The quantitative estimate of drug-likeness (QED) is 0.877. The van der Waals surface area contributed by atoms with Crippen molar-refractivity contribution in [3.63, 3.8) is 0 Å². The van der Waals surface area contributed by atoms with Crippen molar-refractivity contribution in [2.75, 3.05) is 21.0 Å². The lowest BCUT2D eigenvalue weighted by Crippen LogP contribution is -2.26. The molecule has 2 aromatic carbocycles. The van der Waals surface area contributed by atoms with Crippen LogP contribution in [-0.4, -0.2) is 26.9 Å². The zero-order valence-electron chi connectivity index (χ0n) is 16.0. The second-order valence-corrected chi connectivity index (χ2v) is 6.75. The Morgan fingerprint density at radius 2 is 2.00 bits per heavy atom. The van der Waals surface area contributed by atoms with Crippen LogP contribution in [0.3, 0.4) is 0 Å². The second kappa shape index (κ2) is 7.07. The highest BCUT2D eigenvalue weighted by atomic mass is 16.7. The van der Waals surface area contributed by atoms with Gasteiger partial charge >= 0.3 is 0 Å². The van der Waals surface area contributed by atoms with Crippen LogP contribution in [0.1, 0.15) is 30.5 Å². The fourth-order valence-corrected chi connectivity index (χ4v) is 3.91. The molecule has 0 bridgehead atoms. The first-order chi connectivity index (χ1) is 13.5. The maximum atomic E-state index is 12.6. The molecule has 1 aliphatic carbocycles. The first kappa shape index (κ1) is 18.2. The summed E-state index contributed by atoms with van der Waals surface area (Å²) in [5, 5.41) is 2.96. The molecule has 1 aliphatic heterocycles. The Morgan fingerprint density at radius 1 is 1.18 bits per heavy atom. The number of carbonyl (C=O) groups is 1. The highest BCUT2D eigenvalue weighted by Crippen LogP contribution is 2.51. The molecule has 7 heteroatoms. The number of amides is 1. The number of rotatable bonds is 3. The topological polar surface area (TPSA) is 83.1 Å². The van der Waals surface area contributed by atoms with Gasteiger partial charge in [-0.1, -0.05) is 6.07 Å². The van der Waals surface area contributed by atoms with Crippen molar-refractivity contribution in [3.05, 3.63) is 45.6 Å². The smallest absolute Gasteiger partial charge is 0.231 e. The molecule has 0 spiro atoms. The maximum Gasteiger partial charge on any atom is 0.231 e. The summed E-state index contributed by atoms with van der Waals surface area (Å²) < 4.78 is 22.1. The monoisotopic (exact) mass is 383 g/mol. The van der Waals surface area contributed by atoms with E-state index in [1.807, 2.05) is 12.1 Å². The molecule has 2 aliphatic rings. The van der Waals surface area contributed by atoms with Crippen molar-refractivity contribution in [3.8, 4) is 34.1 Å². The fourth-order valence-electron chi connectivity index (χ4n) is 3.91. The van der Waals surface area contributed by atoms with Crippen molar-refractivity contribution in [2.45, 2.75) is 25.8 Å². The van der Waals surface area contributed by atoms with Gasteiger partial charge in [0.2, 0.25) is 23.9 Å². The van der Waals surface area contributed by atoms with Crippen molar-refractivity contribution >= 4 is 5.91 Å². The highest BCUT2D eigenvalue weighted by Gasteiger charge is 2.31. The summed E-state index contributed by atoms with van der Waals surface area (Å²) in [5.41, 5.74) is 3.11. The Hall–Kier alpha value is -3.22. The molecule has 0 saturated heterocycles. The Balaban J connectivity index is 2.05. The molecule has 0 saturated carbocycles. The van der Waals surface area contributed by atoms with Crippen molar-refractivity contribution in [1.82, 2.24) is 5.32 Å². The fraction of sp³-hybridized carbons (Fsp3) is 0.333. The predicted molar refractivity (Wildman–Crippen MR) is 102 cm³/mol. The summed E-state index contributed by atoms with van der Waals surface area (Å²) in [6.07, 6.45) is 1.31. The van der Waals surface area contributed by atoms with Gasteiger partial charge in [-0.2, -0.15) is 0 Å². The third-order valence-electron chi connectivity index (χ3n) is 5.09. The molecule has 0 aromatic heterocycles. The SMILES string of the molecule is COc1c2c(cc3c1-c1ccc(OC)c(=O)cc1C(NC(C)=O)CC3)OCO2. The molecular formula is C21H21NO6. The number of carbonyl (C=O) groups excluding carboxylic acids is 1. The Morgan fingerprint density at radius 3 is 2.71 bits per heavy atom. The number of methoxy groups -OCH3 is 2. The van der Waals surface area contributed by atoms with Crippen LogP contribution in [-0.2, 0) is 11.2 Å². The Kier molecular flexibility index (Phi) is 4.58. The molecule has 2 aromatic rings. The van der Waals surface area contributed by atoms with Gasteiger partial charge in [0.25, 0.3) is 0 Å². The Labute approximate surface area is 162 Å². The zero-order valence-corrected chi connectivity index (χ0v) is 16.0. The van der Waals surface area contributed by atoms with Crippen LogP contribution < -0.4 is 29.7 Å². The van der Waals surface area contributed by atoms with Crippen molar-refractivity contribution < 1.29 is 23.7 Å². The van der Waals surface area contributed by atoms with E-state index < -0.39 is 0 Å². The largest absolute Gasteiger partial charge is 0.493 e. The molecule has 7 nitrogen and oxygen atoms in total. The van der Waals surface area contributed by atoms with E-state index in [-0.39, 0.29) is 29.9 Å². The van der Waals surface area contributed by atoms with Gasteiger partial charge in [-0.25, -0.2) is 0 Å². The van der Waals surface area contributed by atoms with E-state index in [1.165, 1.54) is 20.1 Å². The van der Waals surface area contributed by atoms with E-state index in [1.54, 1.807) is 13.2 Å². The minimum atomic E-state index is -0.314. The average Bonchev–Trinajstić information content (AvgIpc) is 3.01. The third kappa shape index (κ3) is 2.93. The minimum Gasteiger partial charge on any atom is -0.493 e. The van der Waals surface area contributed by atoms with Crippen LogP contribution in [0.5, 0.6) is 23.0 Å². The summed E-state index contributed by atoms with van der Waals surface area (Å²) in [5.74, 6) is 1.82. The van der Waals surface area contributed by atoms with Crippen LogP contribution in [0, 0.1) is 0 Å². The molecule has 146 valence electrons. The highest BCUT2D eigenvalue weighted by molar-refractivity contribution is 5.83. The predicted octanol–water partition coefficient (Wildman–Crippen LogP) is 2.58. The normalized spacial score (nSPS) is 16.5. The number of benzene rings is 1. The summed E-state index contributed by atoms with van der Waals surface area (Å²) in [6.45, 7) is 1.60. The standard InChI is InChI=1S/C21H21NO6/c1-11(23)22-15-6-4-12-8-18-20(28-10-27-18)21(26-3)19(12)13-5-7-17(25-2)16(24)9-14(13)15/h5,7-9,15H,4,6,10H2,1-3H3,(H,22,23). The van der Waals surface area contributed by atoms with Gasteiger partial charge in [0.15, 0.2) is 17.2 Å². The van der Waals surface area contributed by atoms with Crippen LogP contribution in [0.25, 0.3) is 11.1 Å². The third-order valence-corrected chi connectivity index (χ3v) is 5.09. The van der Waals surface area contributed by atoms with Crippen LogP contribution in [0.4, 0.5) is 0 Å². The lowest BCUT2D eigenvalue weighted by Gasteiger charge is -2.18. The van der Waals surface area contributed by atoms with E-state index in [4.69, 9.17) is 18.9 Å². The average molecular weight is 383 g/mol. The molecule has 1 amide bonds. The molecule has 1 N–H and O–H groups in total. The molecule has 1 heterocycles. The minimum absolute atomic E-state index is 0.136. The Bertz CT molecular complexity index is 1020. The molecule has 4 rings (SSSR count). The van der Waals surface area contributed by atoms with Crippen molar-refractivity contribution in [2.24, 2.45) is 0 Å². The van der Waals surface area contributed by atoms with E-state index >= 15 is 0 Å². The molecular weight excluding hydrogens is 362 g/mol. The van der Waals surface area contributed by atoms with Gasteiger partial charge in [-0.05, 0) is 47.7 Å². The molecule has 0 fully saturated rings. The summed E-state index contributed by atoms with van der Waals surface area (Å²) >= 11 is 0. The molecule has 1 unspecified atom stereocenters. The first-order valence-corrected chi connectivity index (χ1v) is 9.02. The van der Waals surface area contributed by atoms with Gasteiger partial charge in [0.1, 0.15) is 0 Å². The molecule has 1 atom stereocenters. The van der Waals surface area contributed by atoms with E-state index in [2.05, 4.69) is 5.32 Å². The van der Waals surface area contributed by atoms with E-state index in [0.29, 0.717) is 30.1 Å². The summed E-state index contributed by atoms with van der Waals surface area (Å²) in [6, 6.07) is 6.65. The van der Waals surface area contributed by atoms with Gasteiger partial charge in [0.05, 0.1) is 20.3 Å². The number of hydrogen-bond donors (Lipinski definition) is 1. The van der Waals surface area contributed by atoms with E-state index in [9.17, 15) is 9.59 Å². The van der Waals surface area contributed by atoms with Crippen LogP contribution >= 0.6 is 0 Å². The number of aryl methyl sites for hydroxylation is 1. The van der Waals surface area contributed by atoms with Gasteiger partial charge in [-0.15, -0.1) is 0 Å². The maximum absolute atomic E-state index is 12.6. The van der Waals surface area contributed by atoms with Crippen molar-refractivity contribution in [1.29, 1.82) is 0 Å². The molecule has 0 radical (unpaired) electrons. The van der Waals surface area contributed by atoms with E-state index in [0.717, 1.165) is 22.3 Å². The lowest BCUT2D eigenvalue weighted by molar-refractivity contribution is -0.119. The molecule has 28 heavy (non-hydrogen) atoms. The number of hydrogen-bond acceptors (Lipinski definition) is 6. The van der Waals surface area contributed by atoms with Crippen LogP contribution in [0.2, 0.25) is 0 Å². The first-order valence-electron chi connectivity index (χ1n) is 9.02. The van der Waals surface area contributed by atoms with Crippen LogP contribution in [0.15, 0.2) is 29.1 Å².